The number of nitrogens with zero attached hydrogens (tertiary/aromatic N) is 5. The number of anilines is 2. The molecule has 3 heterocycles. The van der Waals surface area contributed by atoms with Crippen molar-refractivity contribution in [1.29, 1.82) is 0 Å². The van der Waals surface area contributed by atoms with Crippen LogP contribution in [0.3, 0.4) is 0 Å². The van der Waals surface area contributed by atoms with Gasteiger partial charge in [-0.25, -0.2) is 9.78 Å². The average Bonchev–Trinajstić information content (AvgIpc) is 3.16. The van der Waals surface area contributed by atoms with Crippen LogP contribution >= 0.6 is 0 Å². The molecular formula is C28H29F3N6O2. The number of nitrogens with one attached hydrogen (secondary N) is 1. The number of hydrogen-bond acceptors (Lipinski definition) is 6. The summed E-state index contributed by atoms with van der Waals surface area (Å²) in [6.07, 6.45) is -3.22. The Kier molecular flexibility index (Phi) is 7.40. The molecule has 4 aromatic rings. The minimum atomic E-state index is -4.49. The Morgan fingerprint density at radius 3 is 2.56 bits per heavy atom. The lowest BCUT2D eigenvalue weighted by molar-refractivity contribution is -0.137. The summed E-state index contributed by atoms with van der Waals surface area (Å²) in [5.74, 6) is 1.40. The predicted octanol–water partition coefficient (Wildman–Crippen LogP) is 6.25. The summed E-state index contributed by atoms with van der Waals surface area (Å²) in [7, 11) is 0. The standard InChI is InChI=1S/C28H29F3N6O2/c1-18(2)16-22-33-25(36-12-7-13-37(15-14-36)27(38)32-21-10-4-3-5-11-21)23-24(35-39-26(23)34-22)19-8-6-9-20(17-19)28(29,30)31/h3-6,8-11,17-18H,7,12-16H2,1-2H3,(H,32,38). The molecule has 1 N–H and O–H groups in total. The molecule has 204 valence electrons. The van der Waals surface area contributed by atoms with Crippen molar-refractivity contribution in [3.8, 4) is 11.3 Å². The quantitative estimate of drug-likeness (QED) is 0.323. The molecule has 39 heavy (non-hydrogen) atoms. The van der Waals surface area contributed by atoms with Crippen molar-refractivity contribution in [2.24, 2.45) is 5.92 Å². The van der Waals surface area contributed by atoms with Gasteiger partial charge in [-0.05, 0) is 36.6 Å². The van der Waals surface area contributed by atoms with Gasteiger partial charge in [0.05, 0.1) is 5.56 Å². The van der Waals surface area contributed by atoms with E-state index in [0.29, 0.717) is 56.0 Å². The Bertz CT molecular complexity index is 1450. The molecule has 0 atom stereocenters. The van der Waals surface area contributed by atoms with Crippen molar-refractivity contribution < 1.29 is 22.5 Å². The highest BCUT2D eigenvalue weighted by Gasteiger charge is 2.32. The van der Waals surface area contributed by atoms with Crippen LogP contribution < -0.4 is 10.2 Å². The van der Waals surface area contributed by atoms with Gasteiger partial charge in [0.1, 0.15) is 22.7 Å². The topological polar surface area (TPSA) is 87.4 Å². The maximum atomic E-state index is 13.4. The largest absolute Gasteiger partial charge is 0.416 e. The number of para-hydroxylation sites is 1. The molecule has 2 aromatic carbocycles. The van der Waals surface area contributed by atoms with E-state index in [0.717, 1.165) is 17.8 Å². The minimum absolute atomic E-state index is 0.189. The zero-order valence-electron chi connectivity index (χ0n) is 21.7. The van der Waals surface area contributed by atoms with Gasteiger partial charge in [0.15, 0.2) is 0 Å². The summed E-state index contributed by atoms with van der Waals surface area (Å²) in [5.41, 5.74) is 0.694. The number of alkyl halides is 3. The van der Waals surface area contributed by atoms with E-state index < -0.39 is 11.7 Å². The molecule has 2 amide bonds. The Labute approximate surface area is 223 Å². The smallest absolute Gasteiger partial charge is 0.354 e. The van der Waals surface area contributed by atoms with Gasteiger partial charge in [-0.15, -0.1) is 0 Å². The van der Waals surface area contributed by atoms with Gasteiger partial charge < -0.3 is 19.6 Å². The summed E-state index contributed by atoms with van der Waals surface area (Å²) in [6.45, 7) is 6.16. The molecule has 0 aliphatic carbocycles. The van der Waals surface area contributed by atoms with E-state index in [1.807, 2.05) is 35.2 Å². The number of carbonyl (C=O) groups is 1. The Morgan fingerprint density at radius 1 is 1.03 bits per heavy atom. The lowest BCUT2D eigenvalue weighted by Crippen LogP contribution is -2.38. The highest BCUT2D eigenvalue weighted by atomic mass is 19.4. The predicted molar refractivity (Wildman–Crippen MR) is 142 cm³/mol. The molecule has 5 rings (SSSR count). The van der Waals surface area contributed by atoms with Crippen LogP contribution in [-0.2, 0) is 12.6 Å². The first-order valence-corrected chi connectivity index (χ1v) is 12.9. The second-order valence-corrected chi connectivity index (χ2v) is 9.98. The first kappa shape index (κ1) is 26.5. The van der Waals surface area contributed by atoms with Gasteiger partial charge >= 0.3 is 12.2 Å². The Morgan fingerprint density at radius 2 is 1.82 bits per heavy atom. The third-order valence-electron chi connectivity index (χ3n) is 6.53. The summed E-state index contributed by atoms with van der Waals surface area (Å²) >= 11 is 0. The number of halogens is 3. The van der Waals surface area contributed by atoms with Crippen molar-refractivity contribution in [2.75, 3.05) is 36.4 Å². The van der Waals surface area contributed by atoms with Crippen molar-refractivity contribution in [1.82, 2.24) is 20.0 Å². The molecule has 1 aliphatic rings. The number of carbonyl (C=O) groups excluding carboxylic acids is 1. The lowest BCUT2D eigenvalue weighted by atomic mass is 10.1. The fourth-order valence-corrected chi connectivity index (χ4v) is 4.66. The fraction of sp³-hybridized carbons (Fsp3) is 0.357. The average molecular weight is 539 g/mol. The van der Waals surface area contributed by atoms with Gasteiger partial charge in [-0.2, -0.15) is 18.2 Å². The summed E-state index contributed by atoms with van der Waals surface area (Å²) in [4.78, 5) is 26.1. The maximum Gasteiger partial charge on any atom is 0.416 e. The van der Waals surface area contributed by atoms with Crippen molar-refractivity contribution >= 4 is 28.6 Å². The van der Waals surface area contributed by atoms with Crippen molar-refractivity contribution in [2.45, 2.75) is 32.9 Å². The van der Waals surface area contributed by atoms with Crippen LogP contribution in [0.1, 0.15) is 31.7 Å². The van der Waals surface area contributed by atoms with E-state index in [9.17, 15) is 18.0 Å². The van der Waals surface area contributed by atoms with Gasteiger partial charge in [-0.1, -0.05) is 49.3 Å². The number of amides is 2. The van der Waals surface area contributed by atoms with Crippen LogP contribution in [0.4, 0.5) is 29.5 Å². The van der Waals surface area contributed by atoms with Crippen molar-refractivity contribution in [3.05, 3.63) is 66.0 Å². The first-order chi connectivity index (χ1) is 18.7. The molecule has 11 heteroatoms. The monoisotopic (exact) mass is 538 g/mol. The number of fused-ring (bicyclic) bond motifs is 1. The molecule has 0 unspecified atom stereocenters. The molecule has 8 nitrogen and oxygen atoms in total. The summed E-state index contributed by atoms with van der Waals surface area (Å²) in [5, 5.41) is 7.52. The number of rotatable bonds is 5. The maximum absolute atomic E-state index is 13.4. The number of aromatic nitrogens is 3. The molecule has 0 bridgehead atoms. The molecule has 0 radical (unpaired) electrons. The Hall–Kier alpha value is -4.15. The van der Waals surface area contributed by atoms with Crippen LogP contribution in [0.25, 0.3) is 22.4 Å². The zero-order chi connectivity index (χ0) is 27.6. The number of urea groups is 1. The van der Waals surface area contributed by atoms with Crippen LogP contribution in [-0.4, -0.2) is 52.2 Å². The first-order valence-electron chi connectivity index (χ1n) is 12.9. The number of benzene rings is 2. The fourth-order valence-electron chi connectivity index (χ4n) is 4.66. The molecule has 1 fully saturated rings. The number of hydrogen-bond donors (Lipinski definition) is 1. The molecule has 0 spiro atoms. The van der Waals surface area contributed by atoms with Crippen molar-refractivity contribution in [3.63, 3.8) is 0 Å². The second kappa shape index (κ2) is 10.9. The van der Waals surface area contributed by atoms with Gasteiger partial charge in [0, 0.05) is 43.9 Å². The van der Waals surface area contributed by atoms with Crippen LogP contribution in [0.2, 0.25) is 0 Å². The van der Waals surface area contributed by atoms with E-state index in [1.165, 1.54) is 6.07 Å². The van der Waals surface area contributed by atoms with Gasteiger partial charge in [0.25, 0.3) is 5.71 Å². The van der Waals surface area contributed by atoms with E-state index in [4.69, 9.17) is 9.51 Å². The third kappa shape index (κ3) is 5.97. The highest BCUT2D eigenvalue weighted by Crippen LogP contribution is 2.37. The second-order valence-electron chi connectivity index (χ2n) is 9.98. The lowest BCUT2D eigenvalue weighted by Gasteiger charge is -2.24. The molecule has 1 aliphatic heterocycles. The molecule has 2 aromatic heterocycles. The van der Waals surface area contributed by atoms with Crippen LogP contribution in [0, 0.1) is 5.92 Å². The zero-order valence-corrected chi connectivity index (χ0v) is 21.7. The molecule has 1 saturated heterocycles. The van der Waals surface area contributed by atoms with Gasteiger partial charge in [-0.3, -0.25) is 0 Å². The summed E-state index contributed by atoms with van der Waals surface area (Å²) in [6, 6.07) is 14.1. The molecule has 0 saturated carbocycles. The highest BCUT2D eigenvalue weighted by molar-refractivity contribution is 5.98. The molecular weight excluding hydrogens is 509 g/mol. The summed E-state index contributed by atoms with van der Waals surface area (Å²) < 4.78 is 45.9. The van der Waals surface area contributed by atoms with E-state index in [-0.39, 0.29) is 28.9 Å². The Balaban J connectivity index is 1.48. The van der Waals surface area contributed by atoms with Crippen LogP contribution in [0.15, 0.2) is 59.1 Å². The minimum Gasteiger partial charge on any atom is -0.354 e. The third-order valence-corrected chi connectivity index (χ3v) is 6.53. The normalized spacial score (nSPS) is 14.6. The SMILES string of the molecule is CC(C)Cc1nc(N2CCCN(C(=O)Nc3ccccc3)CC2)c2c(-c3cccc(C(F)(F)F)c3)noc2n1. The van der Waals surface area contributed by atoms with Gasteiger partial charge in [0.2, 0.25) is 0 Å². The van der Waals surface area contributed by atoms with E-state index in [2.05, 4.69) is 29.3 Å². The van der Waals surface area contributed by atoms with E-state index >= 15 is 0 Å². The van der Waals surface area contributed by atoms with Crippen LogP contribution in [0.5, 0.6) is 0 Å². The van der Waals surface area contributed by atoms with E-state index in [1.54, 1.807) is 11.0 Å².